The maximum atomic E-state index is 9.66. The predicted molar refractivity (Wildman–Crippen MR) is 126 cm³/mol. The van der Waals surface area contributed by atoms with Crippen LogP contribution >= 0.6 is 0 Å². The third-order valence-electron chi connectivity index (χ3n) is 6.60. The van der Waals surface area contributed by atoms with Gasteiger partial charge in [-0.15, -0.1) is 0 Å². The Labute approximate surface area is 190 Å². The summed E-state index contributed by atoms with van der Waals surface area (Å²) >= 11 is 0. The van der Waals surface area contributed by atoms with Crippen LogP contribution in [0, 0.1) is 0 Å². The Bertz CT molecular complexity index is 1030. The summed E-state index contributed by atoms with van der Waals surface area (Å²) in [5.74, 6) is 1.12. The number of phenols is 1. The lowest BCUT2D eigenvalue weighted by molar-refractivity contribution is 0.0320. The number of benzene rings is 3. The standard InChI is InChI=1S/C28H32O4/c1-27(2,20-8-12-24(29)13-9-20)22-6-5-7-23(16-22)28(3,4)21-10-14-25(15-11-21)31-18-26-17-30-19-32-26/h5-16,26,29H,17-19H2,1-4H3. The first kappa shape index (κ1) is 22.4. The summed E-state index contributed by atoms with van der Waals surface area (Å²) in [6, 6.07) is 24.6. The molecule has 1 atom stereocenters. The Balaban J connectivity index is 1.54. The molecule has 0 spiro atoms. The molecule has 168 valence electrons. The van der Waals surface area contributed by atoms with Gasteiger partial charge in [-0.3, -0.25) is 0 Å². The second kappa shape index (κ2) is 8.97. The van der Waals surface area contributed by atoms with Crippen LogP contribution in [0.2, 0.25) is 0 Å². The smallest absolute Gasteiger partial charge is 0.147 e. The lowest BCUT2D eigenvalue weighted by atomic mass is 9.73. The minimum absolute atomic E-state index is 0.00536. The van der Waals surface area contributed by atoms with Gasteiger partial charge in [0.25, 0.3) is 0 Å². The van der Waals surface area contributed by atoms with Crippen LogP contribution in [-0.2, 0) is 20.3 Å². The average molecular weight is 433 g/mol. The molecule has 3 aromatic rings. The maximum absolute atomic E-state index is 9.66. The lowest BCUT2D eigenvalue weighted by Gasteiger charge is -2.31. The quantitative estimate of drug-likeness (QED) is 0.513. The van der Waals surface area contributed by atoms with Crippen LogP contribution in [0.5, 0.6) is 11.5 Å². The average Bonchev–Trinajstić information content (AvgIpc) is 3.32. The van der Waals surface area contributed by atoms with E-state index in [1.54, 1.807) is 12.1 Å². The SMILES string of the molecule is CC(C)(c1ccc(O)cc1)c1cccc(C(C)(C)c2ccc(OCC3COCO3)cc2)c1. The van der Waals surface area contributed by atoms with E-state index in [0.29, 0.717) is 20.0 Å². The van der Waals surface area contributed by atoms with Gasteiger partial charge in [0.15, 0.2) is 0 Å². The van der Waals surface area contributed by atoms with Crippen molar-refractivity contribution in [1.82, 2.24) is 0 Å². The van der Waals surface area contributed by atoms with Gasteiger partial charge < -0.3 is 19.3 Å². The van der Waals surface area contributed by atoms with E-state index in [-0.39, 0.29) is 22.7 Å². The third kappa shape index (κ3) is 4.67. The summed E-state index contributed by atoms with van der Waals surface area (Å²) < 4.78 is 16.5. The lowest BCUT2D eigenvalue weighted by Crippen LogP contribution is -2.23. The van der Waals surface area contributed by atoms with Gasteiger partial charge in [0.1, 0.15) is 31.0 Å². The summed E-state index contributed by atoms with van der Waals surface area (Å²) in [7, 11) is 0. The monoisotopic (exact) mass is 432 g/mol. The molecule has 1 fully saturated rings. The van der Waals surface area contributed by atoms with Crippen LogP contribution in [0.25, 0.3) is 0 Å². The minimum Gasteiger partial charge on any atom is -0.508 e. The molecule has 0 bridgehead atoms. The van der Waals surface area contributed by atoms with Gasteiger partial charge in [-0.2, -0.15) is 0 Å². The van der Waals surface area contributed by atoms with E-state index in [9.17, 15) is 5.11 Å². The molecular weight excluding hydrogens is 400 g/mol. The van der Waals surface area contributed by atoms with Crippen LogP contribution in [-0.4, -0.2) is 31.2 Å². The molecule has 0 radical (unpaired) electrons. The highest BCUT2D eigenvalue weighted by Crippen LogP contribution is 2.37. The van der Waals surface area contributed by atoms with Crippen molar-refractivity contribution >= 4 is 0 Å². The van der Waals surface area contributed by atoms with E-state index in [1.807, 2.05) is 24.3 Å². The molecule has 1 aliphatic heterocycles. The van der Waals surface area contributed by atoms with Gasteiger partial charge in [0, 0.05) is 10.8 Å². The first-order chi connectivity index (χ1) is 15.3. The Hall–Kier alpha value is -2.82. The fourth-order valence-corrected chi connectivity index (χ4v) is 4.13. The van der Waals surface area contributed by atoms with Crippen molar-refractivity contribution in [3.63, 3.8) is 0 Å². The Morgan fingerprint density at radius 1 is 0.812 bits per heavy atom. The number of phenolic OH excluding ortho intramolecular Hbond substituents is 1. The molecule has 4 nitrogen and oxygen atoms in total. The van der Waals surface area contributed by atoms with E-state index >= 15 is 0 Å². The zero-order valence-corrected chi connectivity index (χ0v) is 19.3. The molecule has 1 N–H and O–H groups in total. The molecule has 1 saturated heterocycles. The van der Waals surface area contributed by atoms with Crippen molar-refractivity contribution < 1.29 is 19.3 Å². The topological polar surface area (TPSA) is 47.9 Å². The molecule has 0 saturated carbocycles. The summed E-state index contributed by atoms with van der Waals surface area (Å²) in [6.07, 6.45) is 0.00536. The van der Waals surface area contributed by atoms with Gasteiger partial charge in [0.05, 0.1) is 6.61 Å². The van der Waals surface area contributed by atoms with E-state index in [1.165, 1.54) is 22.3 Å². The zero-order valence-electron chi connectivity index (χ0n) is 19.3. The van der Waals surface area contributed by atoms with Crippen molar-refractivity contribution in [2.24, 2.45) is 0 Å². The van der Waals surface area contributed by atoms with Gasteiger partial charge in [0.2, 0.25) is 0 Å². The molecule has 0 aliphatic carbocycles. The molecule has 4 rings (SSSR count). The largest absolute Gasteiger partial charge is 0.508 e. The van der Waals surface area contributed by atoms with Gasteiger partial charge in [-0.05, 0) is 46.5 Å². The second-order valence-corrected chi connectivity index (χ2v) is 9.49. The first-order valence-corrected chi connectivity index (χ1v) is 11.1. The van der Waals surface area contributed by atoms with Crippen molar-refractivity contribution in [3.8, 4) is 11.5 Å². The Morgan fingerprint density at radius 3 is 1.91 bits per heavy atom. The van der Waals surface area contributed by atoms with Crippen molar-refractivity contribution in [3.05, 3.63) is 95.1 Å². The molecule has 1 unspecified atom stereocenters. The molecule has 0 amide bonds. The van der Waals surface area contributed by atoms with Gasteiger partial charge in [-0.1, -0.05) is 76.2 Å². The van der Waals surface area contributed by atoms with E-state index in [2.05, 4.69) is 64.1 Å². The van der Waals surface area contributed by atoms with E-state index < -0.39 is 0 Å². The van der Waals surface area contributed by atoms with Crippen molar-refractivity contribution in [1.29, 1.82) is 0 Å². The highest BCUT2D eigenvalue weighted by Gasteiger charge is 2.28. The van der Waals surface area contributed by atoms with Crippen LogP contribution in [0.4, 0.5) is 0 Å². The van der Waals surface area contributed by atoms with Crippen molar-refractivity contribution in [2.75, 3.05) is 20.0 Å². The first-order valence-electron chi connectivity index (χ1n) is 11.1. The van der Waals surface area contributed by atoms with Crippen LogP contribution in [0.3, 0.4) is 0 Å². The molecule has 0 aromatic heterocycles. The molecule has 4 heteroatoms. The Kier molecular flexibility index (Phi) is 6.27. The molecule has 1 heterocycles. The van der Waals surface area contributed by atoms with Gasteiger partial charge >= 0.3 is 0 Å². The minimum atomic E-state index is -0.177. The number of hydrogen-bond acceptors (Lipinski definition) is 4. The highest BCUT2D eigenvalue weighted by molar-refractivity contribution is 5.46. The van der Waals surface area contributed by atoms with Crippen LogP contribution in [0.15, 0.2) is 72.8 Å². The molecule has 3 aromatic carbocycles. The number of rotatable bonds is 7. The Morgan fingerprint density at radius 2 is 1.38 bits per heavy atom. The summed E-state index contributed by atoms with van der Waals surface area (Å²) in [5.41, 5.74) is 4.55. The second-order valence-electron chi connectivity index (χ2n) is 9.49. The van der Waals surface area contributed by atoms with Gasteiger partial charge in [-0.25, -0.2) is 0 Å². The van der Waals surface area contributed by atoms with E-state index in [4.69, 9.17) is 14.2 Å². The van der Waals surface area contributed by atoms with E-state index in [0.717, 1.165) is 5.75 Å². The van der Waals surface area contributed by atoms with Crippen LogP contribution in [0.1, 0.15) is 49.9 Å². The number of aromatic hydroxyl groups is 1. The molecule has 1 aliphatic rings. The third-order valence-corrected chi connectivity index (χ3v) is 6.60. The van der Waals surface area contributed by atoms with Crippen LogP contribution < -0.4 is 4.74 Å². The normalized spacial score (nSPS) is 16.8. The zero-order chi connectivity index (χ0) is 22.8. The summed E-state index contributed by atoms with van der Waals surface area (Å²) in [5, 5.41) is 9.66. The molecule has 32 heavy (non-hydrogen) atoms. The number of ether oxygens (including phenoxy) is 3. The van der Waals surface area contributed by atoms with Crippen molar-refractivity contribution in [2.45, 2.75) is 44.6 Å². The summed E-state index contributed by atoms with van der Waals surface area (Å²) in [4.78, 5) is 0. The number of hydrogen-bond donors (Lipinski definition) is 1. The fraction of sp³-hybridized carbons (Fsp3) is 0.357. The fourth-order valence-electron chi connectivity index (χ4n) is 4.13. The predicted octanol–water partition coefficient (Wildman–Crippen LogP) is 5.80. The summed E-state index contributed by atoms with van der Waals surface area (Å²) in [6.45, 7) is 10.4. The molecular formula is C28H32O4. The maximum Gasteiger partial charge on any atom is 0.147 e. The highest BCUT2D eigenvalue weighted by atomic mass is 16.7.